The van der Waals surface area contributed by atoms with Gasteiger partial charge in [0, 0.05) is 6.42 Å². The van der Waals surface area contributed by atoms with Gasteiger partial charge in [0.2, 0.25) is 6.41 Å². The summed E-state index contributed by atoms with van der Waals surface area (Å²) in [6.07, 6.45) is 11.3. The summed E-state index contributed by atoms with van der Waals surface area (Å²) in [5.74, 6) is -1.65. The lowest BCUT2D eigenvalue weighted by atomic mass is 10.00. The second-order valence-corrected chi connectivity index (χ2v) is 5.42. The van der Waals surface area contributed by atoms with Crippen molar-refractivity contribution in [2.24, 2.45) is 5.92 Å². The van der Waals surface area contributed by atoms with E-state index in [1.165, 1.54) is 45.4 Å². The van der Waals surface area contributed by atoms with Crippen LogP contribution in [0.5, 0.6) is 0 Å². The van der Waals surface area contributed by atoms with Gasteiger partial charge in [-0.1, -0.05) is 58.3 Å². The van der Waals surface area contributed by atoms with E-state index in [2.05, 4.69) is 11.8 Å². The standard InChI is InChI=1S/C16H29NO4/c1-3-4-5-6-7-8-9-10-11-12-15(19)14(2)16(20)21-17-13-18/h13-14H,3-12H2,1-2H3,(H,17,18). The number of carbonyl (C=O) groups excluding carboxylic acids is 3. The predicted molar refractivity (Wildman–Crippen MR) is 81.3 cm³/mol. The fraction of sp³-hybridized carbons (Fsp3) is 0.812. The molecule has 0 radical (unpaired) electrons. The number of Topliss-reactive ketones (excluding diaryl/α,β-unsaturated/α-hetero) is 1. The summed E-state index contributed by atoms with van der Waals surface area (Å²) in [6.45, 7) is 3.72. The van der Waals surface area contributed by atoms with Gasteiger partial charge in [0.1, 0.15) is 11.7 Å². The van der Waals surface area contributed by atoms with Gasteiger partial charge in [0.15, 0.2) is 0 Å². The van der Waals surface area contributed by atoms with Gasteiger partial charge in [-0.15, -0.1) is 0 Å². The molecule has 5 nitrogen and oxygen atoms in total. The molecule has 0 aromatic heterocycles. The molecule has 21 heavy (non-hydrogen) atoms. The van der Waals surface area contributed by atoms with E-state index in [0.717, 1.165) is 19.3 Å². The second kappa shape index (κ2) is 13.6. The quantitative estimate of drug-likeness (QED) is 0.231. The van der Waals surface area contributed by atoms with Crippen molar-refractivity contribution >= 4 is 18.2 Å². The molecule has 0 aliphatic carbocycles. The molecule has 0 aliphatic rings. The number of rotatable bonds is 14. The topological polar surface area (TPSA) is 72.5 Å². The van der Waals surface area contributed by atoms with E-state index >= 15 is 0 Å². The van der Waals surface area contributed by atoms with Crippen molar-refractivity contribution in [3.8, 4) is 0 Å². The predicted octanol–water partition coefficient (Wildman–Crippen LogP) is 3.32. The van der Waals surface area contributed by atoms with E-state index in [1.807, 2.05) is 0 Å². The number of hydrogen-bond acceptors (Lipinski definition) is 4. The van der Waals surface area contributed by atoms with Gasteiger partial charge in [-0.05, 0) is 13.3 Å². The number of unbranched alkanes of at least 4 members (excludes halogenated alkanes) is 8. The van der Waals surface area contributed by atoms with Crippen molar-refractivity contribution in [1.29, 1.82) is 0 Å². The summed E-state index contributed by atoms with van der Waals surface area (Å²) in [7, 11) is 0. The van der Waals surface area contributed by atoms with E-state index in [9.17, 15) is 14.4 Å². The Kier molecular flexibility index (Phi) is 12.7. The number of carbonyl (C=O) groups is 3. The number of nitrogens with one attached hydrogen (secondary N) is 1. The van der Waals surface area contributed by atoms with Crippen LogP contribution in [0.2, 0.25) is 0 Å². The van der Waals surface area contributed by atoms with Gasteiger partial charge in [-0.3, -0.25) is 9.59 Å². The average molecular weight is 299 g/mol. The van der Waals surface area contributed by atoms with Crippen LogP contribution in [0.3, 0.4) is 0 Å². The van der Waals surface area contributed by atoms with Crippen molar-refractivity contribution in [1.82, 2.24) is 5.48 Å². The minimum absolute atomic E-state index is 0.129. The van der Waals surface area contributed by atoms with Gasteiger partial charge < -0.3 is 4.84 Å². The van der Waals surface area contributed by atoms with Crippen LogP contribution in [0.4, 0.5) is 0 Å². The first-order chi connectivity index (χ1) is 10.1. The minimum atomic E-state index is -0.813. The molecule has 0 saturated heterocycles. The largest absolute Gasteiger partial charge is 0.342 e. The fourth-order valence-electron chi connectivity index (χ4n) is 2.13. The highest BCUT2D eigenvalue weighted by Gasteiger charge is 2.22. The van der Waals surface area contributed by atoms with E-state index in [-0.39, 0.29) is 12.2 Å². The molecule has 0 spiro atoms. The summed E-state index contributed by atoms with van der Waals surface area (Å²) in [5.41, 5.74) is 1.81. The molecule has 0 rings (SSSR count). The zero-order valence-corrected chi connectivity index (χ0v) is 13.4. The van der Waals surface area contributed by atoms with Crippen molar-refractivity contribution < 1.29 is 19.2 Å². The number of amides is 1. The number of ketones is 1. The van der Waals surface area contributed by atoms with Crippen LogP contribution >= 0.6 is 0 Å². The molecule has 0 fully saturated rings. The normalized spacial score (nSPS) is 11.7. The van der Waals surface area contributed by atoms with Crippen LogP contribution in [0.1, 0.15) is 78.1 Å². The summed E-state index contributed by atoms with van der Waals surface area (Å²) in [4.78, 5) is 37.4. The molecule has 0 aromatic carbocycles. The van der Waals surface area contributed by atoms with Crippen molar-refractivity contribution in [2.75, 3.05) is 0 Å². The van der Waals surface area contributed by atoms with E-state index in [4.69, 9.17) is 0 Å². The molecule has 0 aliphatic heterocycles. The summed E-state index contributed by atoms with van der Waals surface area (Å²) in [5, 5.41) is 0. The van der Waals surface area contributed by atoms with E-state index in [1.54, 1.807) is 5.48 Å². The lowest BCUT2D eigenvalue weighted by Crippen LogP contribution is -2.28. The van der Waals surface area contributed by atoms with Crippen LogP contribution in [0.25, 0.3) is 0 Å². The molecular formula is C16H29NO4. The summed E-state index contributed by atoms with van der Waals surface area (Å²) in [6, 6.07) is 0. The first kappa shape index (κ1) is 19.6. The van der Waals surface area contributed by atoms with Crippen LogP contribution in [0, 0.1) is 5.92 Å². The Labute approximate surface area is 127 Å². The van der Waals surface area contributed by atoms with Crippen LogP contribution in [-0.2, 0) is 19.2 Å². The van der Waals surface area contributed by atoms with Gasteiger partial charge in [-0.25, -0.2) is 4.79 Å². The van der Waals surface area contributed by atoms with E-state index in [0.29, 0.717) is 6.42 Å². The third-order valence-electron chi connectivity index (χ3n) is 3.57. The Morgan fingerprint density at radius 3 is 2.05 bits per heavy atom. The monoisotopic (exact) mass is 299 g/mol. The highest BCUT2D eigenvalue weighted by Crippen LogP contribution is 2.12. The number of hydrogen-bond donors (Lipinski definition) is 1. The molecule has 0 saturated carbocycles. The molecular weight excluding hydrogens is 270 g/mol. The van der Waals surface area contributed by atoms with Gasteiger partial charge in [0.25, 0.3) is 0 Å². The lowest BCUT2D eigenvalue weighted by Gasteiger charge is -2.08. The molecule has 5 heteroatoms. The maximum Gasteiger partial charge on any atom is 0.342 e. The zero-order valence-electron chi connectivity index (χ0n) is 13.4. The molecule has 122 valence electrons. The SMILES string of the molecule is CCCCCCCCCCCC(=O)C(C)C(=O)ONC=O. The third-order valence-corrected chi connectivity index (χ3v) is 3.57. The van der Waals surface area contributed by atoms with Crippen molar-refractivity contribution in [2.45, 2.75) is 78.1 Å². The molecule has 1 atom stereocenters. The van der Waals surface area contributed by atoms with Gasteiger partial charge in [-0.2, -0.15) is 5.48 Å². The molecule has 0 heterocycles. The molecule has 1 unspecified atom stereocenters. The Balaban J connectivity index is 3.52. The third kappa shape index (κ3) is 11.0. The first-order valence-corrected chi connectivity index (χ1v) is 8.06. The minimum Gasteiger partial charge on any atom is -0.340 e. The zero-order chi connectivity index (χ0) is 15.9. The Morgan fingerprint density at radius 2 is 1.52 bits per heavy atom. The van der Waals surface area contributed by atoms with Gasteiger partial charge in [0.05, 0.1) is 0 Å². The molecule has 0 bridgehead atoms. The van der Waals surface area contributed by atoms with Crippen molar-refractivity contribution in [3.05, 3.63) is 0 Å². The number of hydroxylamine groups is 1. The molecule has 0 aromatic rings. The summed E-state index contributed by atoms with van der Waals surface area (Å²) < 4.78 is 0. The second-order valence-electron chi connectivity index (χ2n) is 5.42. The smallest absolute Gasteiger partial charge is 0.340 e. The first-order valence-electron chi connectivity index (χ1n) is 8.06. The Bertz CT molecular complexity index is 305. The van der Waals surface area contributed by atoms with Crippen molar-refractivity contribution in [3.63, 3.8) is 0 Å². The Hall–Kier alpha value is -1.39. The van der Waals surface area contributed by atoms with Crippen LogP contribution in [-0.4, -0.2) is 18.2 Å². The summed E-state index contributed by atoms with van der Waals surface area (Å²) >= 11 is 0. The highest BCUT2D eigenvalue weighted by molar-refractivity contribution is 5.98. The molecule has 1 amide bonds. The molecule has 1 N–H and O–H groups in total. The van der Waals surface area contributed by atoms with Gasteiger partial charge >= 0.3 is 5.97 Å². The average Bonchev–Trinajstić information content (AvgIpc) is 2.49. The van der Waals surface area contributed by atoms with Crippen LogP contribution < -0.4 is 5.48 Å². The highest BCUT2D eigenvalue weighted by atomic mass is 16.7. The lowest BCUT2D eigenvalue weighted by molar-refractivity contribution is -0.160. The van der Waals surface area contributed by atoms with Crippen LogP contribution in [0.15, 0.2) is 0 Å². The van der Waals surface area contributed by atoms with E-state index < -0.39 is 11.9 Å². The fourth-order valence-corrected chi connectivity index (χ4v) is 2.13. The maximum atomic E-state index is 11.7. The Morgan fingerprint density at radius 1 is 1.00 bits per heavy atom. The maximum absolute atomic E-state index is 11.7.